The lowest BCUT2D eigenvalue weighted by molar-refractivity contribution is -0.141. The molecule has 9 nitrogen and oxygen atoms in total. The largest absolute Gasteiger partial charge is 0.465 e. The molecule has 2 unspecified atom stereocenters. The van der Waals surface area contributed by atoms with E-state index in [1.165, 1.54) is 6.92 Å². The standard InChI is InChI=1S/C12H20NO8P/c1-4-20-22(18,21-5-2)6-9(14)8(3)10-11(15)19-7-13(10)12(16)17/h8,10H,4-7H2,1-3H3,(H,16,17). The van der Waals surface area contributed by atoms with Gasteiger partial charge in [0, 0.05) is 5.92 Å². The maximum Gasteiger partial charge on any atom is 0.410 e. The zero-order valence-electron chi connectivity index (χ0n) is 12.7. The SMILES string of the molecule is CCOP(=O)(CC(=O)C(C)C1C(=O)OCN1C(=O)O)OCC. The summed E-state index contributed by atoms with van der Waals surface area (Å²) in [6.07, 6.45) is -1.89. The van der Waals surface area contributed by atoms with Gasteiger partial charge in [0.05, 0.1) is 13.2 Å². The number of hydrogen-bond acceptors (Lipinski definition) is 7. The number of rotatable bonds is 8. The lowest BCUT2D eigenvalue weighted by Crippen LogP contribution is -2.44. The topological polar surface area (TPSA) is 119 Å². The third-order valence-electron chi connectivity index (χ3n) is 3.15. The number of nitrogens with zero attached hydrogens (tertiary/aromatic N) is 1. The summed E-state index contributed by atoms with van der Waals surface area (Å²) in [5.41, 5.74) is 0. The number of Topliss-reactive ketones (excluding diaryl/α,β-unsaturated/α-hetero) is 1. The van der Waals surface area contributed by atoms with Crippen molar-refractivity contribution in [3.8, 4) is 0 Å². The van der Waals surface area contributed by atoms with E-state index in [1.807, 2.05) is 0 Å². The molecule has 1 saturated heterocycles. The summed E-state index contributed by atoms with van der Waals surface area (Å²) < 4.78 is 27.0. The third-order valence-corrected chi connectivity index (χ3v) is 5.15. The van der Waals surface area contributed by atoms with Gasteiger partial charge in [-0.2, -0.15) is 0 Å². The number of carbonyl (C=O) groups is 3. The van der Waals surface area contributed by atoms with Gasteiger partial charge in [-0.25, -0.2) is 9.59 Å². The molecule has 1 aliphatic heterocycles. The quantitative estimate of drug-likeness (QED) is 0.520. The van der Waals surface area contributed by atoms with Gasteiger partial charge in [-0.15, -0.1) is 0 Å². The minimum atomic E-state index is -3.60. The minimum absolute atomic E-state index is 0.103. The van der Waals surface area contributed by atoms with Gasteiger partial charge in [0.1, 0.15) is 18.0 Å². The van der Waals surface area contributed by atoms with Gasteiger partial charge in [0.25, 0.3) is 0 Å². The fourth-order valence-electron chi connectivity index (χ4n) is 2.11. The molecule has 0 aromatic heterocycles. The Morgan fingerprint density at radius 2 is 1.95 bits per heavy atom. The normalized spacial score (nSPS) is 19.9. The van der Waals surface area contributed by atoms with E-state index in [0.29, 0.717) is 0 Å². The molecule has 22 heavy (non-hydrogen) atoms. The molecule has 0 saturated carbocycles. The Labute approximate surface area is 128 Å². The maximum atomic E-state index is 12.3. The number of ether oxygens (including phenoxy) is 1. The minimum Gasteiger partial charge on any atom is -0.465 e. The first-order chi connectivity index (χ1) is 10.3. The van der Waals surface area contributed by atoms with Gasteiger partial charge in [-0.3, -0.25) is 14.3 Å². The van der Waals surface area contributed by atoms with Gasteiger partial charge < -0.3 is 18.9 Å². The van der Waals surface area contributed by atoms with Crippen LogP contribution in [0.4, 0.5) is 4.79 Å². The molecule has 1 aliphatic rings. The predicted octanol–water partition coefficient (Wildman–Crippen LogP) is 1.32. The first kappa shape index (κ1) is 18.6. The number of carbonyl (C=O) groups excluding carboxylic acids is 2. The van der Waals surface area contributed by atoms with Crippen molar-refractivity contribution in [2.24, 2.45) is 5.92 Å². The fraction of sp³-hybridized carbons (Fsp3) is 0.750. The molecule has 0 bridgehead atoms. The molecule has 0 radical (unpaired) electrons. The van der Waals surface area contributed by atoms with Crippen molar-refractivity contribution >= 4 is 25.4 Å². The second-order valence-electron chi connectivity index (χ2n) is 4.65. The van der Waals surface area contributed by atoms with E-state index in [4.69, 9.17) is 14.2 Å². The number of ketones is 1. The van der Waals surface area contributed by atoms with Crippen molar-refractivity contribution < 1.29 is 37.8 Å². The summed E-state index contributed by atoms with van der Waals surface area (Å²) in [7, 11) is -3.60. The van der Waals surface area contributed by atoms with E-state index in [2.05, 4.69) is 4.74 Å². The Hall–Kier alpha value is -1.44. The van der Waals surface area contributed by atoms with E-state index in [9.17, 15) is 18.9 Å². The molecule has 1 amide bonds. The van der Waals surface area contributed by atoms with Crippen LogP contribution in [0, 0.1) is 5.92 Å². The van der Waals surface area contributed by atoms with Crippen molar-refractivity contribution in [3.05, 3.63) is 0 Å². The summed E-state index contributed by atoms with van der Waals surface area (Å²) >= 11 is 0. The lowest BCUT2D eigenvalue weighted by atomic mass is 9.97. The van der Waals surface area contributed by atoms with Crippen LogP contribution in [-0.4, -0.2) is 60.0 Å². The molecule has 2 atom stereocenters. The molecule has 0 aliphatic carbocycles. The summed E-state index contributed by atoms with van der Waals surface area (Å²) in [4.78, 5) is 35.7. The molecular weight excluding hydrogens is 317 g/mol. The summed E-state index contributed by atoms with van der Waals surface area (Å²) in [5, 5.41) is 9.01. The van der Waals surface area contributed by atoms with Crippen molar-refractivity contribution in [2.75, 3.05) is 26.1 Å². The lowest BCUT2D eigenvalue weighted by Gasteiger charge is -2.23. The molecular formula is C12H20NO8P. The van der Waals surface area contributed by atoms with E-state index < -0.39 is 50.3 Å². The van der Waals surface area contributed by atoms with Crippen molar-refractivity contribution in [1.29, 1.82) is 0 Å². The Morgan fingerprint density at radius 3 is 2.41 bits per heavy atom. The van der Waals surface area contributed by atoms with E-state index in [-0.39, 0.29) is 13.2 Å². The molecule has 0 aromatic rings. The average molecular weight is 337 g/mol. The maximum absolute atomic E-state index is 12.3. The molecule has 0 spiro atoms. The molecule has 126 valence electrons. The highest BCUT2D eigenvalue weighted by Gasteiger charge is 2.45. The van der Waals surface area contributed by atoms with Gasteiger partial charge in [-0.05, 0) is 13.8 Å². The number of cyclic esters (lactones) is 1. The van der Waals surface area contributed by atoms with Crippen LogP contribution in [-0.2, 0) is 27.9 Å². The Morgan fingerprint density at radius 1 is 1.41 bits per heavy atom. The zero-order chi connectivity index (χ0) is 16.9. The average Bonchev–Trinajstić information content (AvgIpc) is 2.80. The van der Waals surface area contributed by atoms with Crippen LogP contribution in [0.3, 0.4) is 0 Å². The summed E-state index contributed by atoms with van der Waals surface area (Å²) in [6.45, 7) is 4.39. The summed E-state index contributed by atoms with van der Waals surface area (Å²) in [6, 6.07) is -1.25. The van der Waals surface area contributed by atoms with Crippen LogP contribution in [0.1, 0.15) is 20.8 Å². The highest BCUT2D eigenvalue weighted by molar-refractivity contribution is 7.54. The second-order valence-corrected chi connectivity index (χ2v) is 6.70. The van der Waals surface area contributed by atoms with Gasteiger partial charge in [0.2, 0.25) is 0 Å². The smallest absolute Gasteiger partial charge is 0.410 e. The van der Waals surface area contributed by atoms with Crippen LogP contribution >= 0.6 is 7.60 Å². The Kier molecular flexibility index (Phi) is 6.52. The predicted molar refractivity (Wildman–Crippen MR) is 74.5 cm³/mol. The highest BCUT2D eigenvalue weighted by Crippen LogP contribution is 2.48. The van der Waals surface area contributed by atoms with Crippen LogP contribution in [0.2, 0.25) is 0 Å². The highest BCUT2D eigenvalue weighted by atomic mass is 31.2. The molecule has 10 heteroatoms. The molecule has 1 fully saturated rings. The van der Waals surface area contributed by atoms with Crippen LogP contribution < -0.4 is 0 Å². The third kappa shape index (κ3) is 4.28. The zero-order valence-corrected chi connectivity index (χ0v) is 13.6. The number of amides is 1. The first-order valence-electron chi connectivity index (χ1n) is 6.82. The van der Waals surface area contributed by atoms with Crippen molar-refractivity contribution in [1.82, 2.24) is 4.90 Å². The van der Waals surface area contributed by atoms with E-state index in [0.717, 1.165) is 4.90 Å². The molecule has 0 aromatic carbocycles. The molecule has 1 rings (SSSR count). The number of esters is 1. The fourth-order valence-corrected chi connectivity index (χ4v) is 3.82. The number of hydrogen-bond donors (Lipinski definition) is 1. The Bertz CT molecular complexity index is 484. The van der Waals surface area contributed by atoms with Crippen LogP contribution in [0.15, 0.2) is 0 Å². The van der Waals surface area contributed by atoms with Crippen molar-refractivity contribution in [2.45, 2.75) is 26.8 Å². The second kappa shape index (κ2) is 7.71. The number of carboxylic acid groups (broad SMARTS) is 1. The van der Waals surface area contributed by atoms with Gasteiger partial charge in [-0.1, -0.05) is 6.92 Å². The van der Waals surface area contributed by atoms with Crippen LogP contribution in [0.25, 0.3) is 0 Å². The Balaban J connectivity index is 2.85. The van der Waals surface area contributed by atoms with Crippen molar-refractivity contribution in [3.63, 3.8) is 0 Å². The summed E-state index contributed by atoms with van der Waals surface area (Å²) in [5.74, 6) is -2.40. The van der Waals surface area contributed by atoms with Crippen LogP contribution in [0.5, 0.6) is 0 Å². The first-order valence-corrected chi connectivity index (χ1v) is 8.55. The van der Waals surface area contributed by atoms with Gasteiger partial charge in [0.15, 0.2) is 6.73 Å². The van der Waals surface area contributed by atoms with E-state index >= 15 is 0 Å². The van der Waals surface area contributed by atoms with Gasteiger partial charge >= 0.3 is 19.7 Å². The van der Waals surface area contributed by atoms with E-state index in [1.54, 1.807) is 13.8 Å². The molecule has 1 N–H and O–H groups in total. The molecule has 1 heterocycles. The monoisotopic (exact) mass is 337 g/mol.